The number of pyridine rings is 1. The Kier molecular flexibility index (Phi) is 8.29. The maximum Gasteiger partial charge on any atom is 0.309 e. The van der Waals surface area contributed by atoms with E-state index in [1.165, 1.54) is 30.5 Å². The number of benzene rings is 2. The lowest BCUT2D eigenvalue weighted by atomic mass is 9.81. The van der Waals surface area contributed by atoms with Gasteiger partial charge in [0.1, 0.15) is 28.5 Å². The van der Waals surface area contributed by atoms with Crippen molar-refractivity contribution in [2.75, 3.05) is 5.32 Å². The van der Waals surface area contributed by atoms with E-state index in [0.717, 1.165) is 12.1 Å². The average molecular weight is 545 g/mol. The summed E-state index contributed by atoms with van der Waals surface area (Å²) in [7, 11) is 0. The molecular formula is C29H31ClF2N2O4. The van der Waals surface area contributed by atoms with E-state index >= 15 is 0 Å². The van der Waals surface area contributed by atoms with Gasteiger partial charge < -0.3 is 15.2 Å². The molecule has 0 fully saturated rings. The summed E-state index contributed by atoms with van der Waals surface area (Å²) in [4.78, 5) is 30.4. The average Bonchev–Trinajstić information content (AvgIpc) is 2.78. The van der Waals surface area contributed by atoms with Crippen LogP contribution in [0.4, 0.5) is 14.5 Å². The quantitative estimate of drug-likeness (QED) is 0.340. The van der Waals surface area contributed by atoms with Gasteiger partial charge in [-0.25, -0.2) is 8.78 Å². The largest absolute Gasteiger partial charge is 0.460 e. The number of carbonyl (C=O) groups is 2. The van der Waals surface area contributed by atoms with Crippen LogP contribution in [-0.2, 0) is 19.9 Å². The van der Waals surface area contributed by atoms with E-state index in [1.807, 2.05) is 0 Å². The van der Waals surface area contributed by atoms with Crippen molar-refractivity contribution in [1.29, 1.82) is 0 Å². The summed E-state index contributed by atoms with van der Waals surface area (Å²) in [5, 5.41) is 15.1. The van der Waals surface area contributed by atoms with Crippen LogP contribution in [0.2, 0.25) is 5.02 Å². The lowest BCUT2D eigenvalue weighted by Crippen LogP contribution is -2.36. The Morgan fingerprint density at radius 2 is 1.55 bits per heavy atom. The first-order valence-corrected chi connectivity index (χ1v) is 12.4. The Bertz CT molecular complexity index is 1350. The normalized spacial score (nSPS) is 13.5. The van der Waals surface area contributed by atoms with Gasteiger partial charge in [-0.2, -0.15) is 0 Å². The molecule has 0 saturated heterocycles. The zero-order valence-corrected chi connectivity index (χ0v) is 22.9. The van der Waals surface area contributed by atoms with Crippen LogP contribution in [0.5, 0.6) is 0 Å². The molecule has 1 heterocycles. The molecular weight excluding hydrogens is 514 g/mol. The van der Waals surface area contributed by atoms with Crippen molar-refractivity contribution < 1.29 is 28.2 Å². The lowest BCUT2D eigenvalue weighted by Gasteiger charge is -2.33. The van der Waals surface area contributed by atoms with Crippen molar-refractivity contribution in [3.05, 3.63) is 82.5 Å². The molecule has 1 unspecified atom stereocenters. The molecule has 0 saturated carbocycles. The van der Waals surface area contributed by atoms with Crippen LogP contribution in [0, 0.1) is 17.0 Å². The fraction of sp³-hybridized carbons (Fsp3) is 0.345. The number of nitrogens with one attached hydrogen (secondary N) is 1. The number of aliphatic hydroxyl groups is 1. The number of ether oxygens (including phenoxy) is 1. The Morgan fingerprint density at radius 1 is 0.947 bits per heavy atom. The van der Waals surface area contributed by atoms with Gasteiger partial charge in [0.25, 0.3) is 0 Å². The highest BCUT2D eigenvalue weighted by molar-refractivity contribution is 6.31. The molecule has 202 valence electrons. The van der Waals surface area contributed by atoms with Gasteiger partial charge in [-0.05, 0) is 45.0 Å². The minimum Gasteiger partial charge on any atom is -0.460 e. The maximum atomic E-state index is 14.9. The Balaban J connectivity index is 2.38. The van der Waals surface area contributed by atoms with Gasteiger partial charge in [0, 0.05) is 27.8 Å². The molecule has 0 aliphatic carbocycles. The molecule has 1 aromatic heterocycles. The zero-order chi connectivity index (χ0) is 28.5. The molecule has 3 aromatic rings. The van der Waals surface area contributed by atoms with Crippen molar-refractivity contribution in [3.8, 4) is 11.3 Å². The van der Waals surface area contributed by atoms with Crippen LogP contribution in [0.1, 0.15) is 59.1 Å². The van der Waals surface area contributed by atoms with Gasteiger partial charge in [0.05, 0.1) is 17.7 Å². The van der Waals surface area contributed by atoms with Crippen LogP contribution >= 0.6 is 11.6 Å². The third kappa shape index (κ3) is 6.37. The van der Waals surface area contributed by atoms with Gasteiger partial charge in [-0.15, -0.1) is 0 Å². The smallest absolute Gasteiger partial charge is 0.309 e. The third-order valence-corrected chi connectivity index (χ3v) is 5.99. The fourth-order valence-electron chi connectivity index (χ4n) is 3.87. The second-order valence-corrected chi connectivity index (χ2v) is 11.4. The number of esters is 1. The highest BCUT2D eigenvalue weighted by Crippen LogP contribution is 2.44. The summed E-state index contributed by atoms with van der Waals surface area (Å²) < 4.78 is 35.4. The summed E-state index contributed by atoms with van der Waals surface area (Å²) in [5.74, 6) is -3.12. The summed E-state index contributed by atoms with van der Waals surface area (Å²) in [5.41, 5.74) is -4.80. The zero-order valence-electron chi connectivity index (χ0n) is 22.2. The second kappa shape index (κ2) is 10.8. The number of hydrogen-bond acceptors (Lipinski definition) is 5. The molecule has 1 atom stereocenters. The van der Waals surface area contributed by atoms with E-state index < -0.39 is 52.1 Å². The van der Waals surface area contributed by atoms with E-state index in [4.69, 9.17) is 16.3 Å². The first kappa shape index (κ1) is 29.2. The standard InChI is InChI=1S/C29H31ClF2N2O4/c1-27(2,3)26(36)34-24-18(14-15-33-25(24)23-20(31)12-9-13-21(23)32)29(37,16-22(35)38-28(4,5)6)17-10-7-8-11-19(17)30/h7-15,37H,16H2,1-6H3,(H,34,36). The molecule has 38 heavy (non-hydrogen) atoms. The molecule has 2 N–H and O–H groups in total. The molecule has 1 amide bonds. The monoisotopic (exact) mass is 544 g/mol. The Morgan fingerprint density at radius 3 is 2.11 bits per heavy atom. The molecule has 2 aromatic carbocycles. The van der Waals surface area contributed by atoms with Crippen LogP contribution in [0.15, 0.2) is 54.7 Å². The lowest BCUT2D eigenvalue weighted by molar-refractivity contribution is -0.159. The molecule has 3 rings (SSSR count). The van der Waals surface area contributed by atoms with Gasteiger partial charge >= 0.3 is 5.97 Å². The molecule has 0 aliphatic rings. The van der Waals surface area contributed by atoms with Gasteiger partial charge in [-0.1, -0.05) is 56.6 Å². The molecule has 9 heteroatoms. The first-order chi connectivity index (χ1) is 17.5. The molecule has 0 aliphatic heterocycles. The van der Waals surface area contributed by atoms with Crippen LogP contribution < -0.4 is 5.32 Å². The second-order valence-electron chi connectivity index (χ2n) is 11.0. The summed E-state index contributed by atoms with van der Waals surface area (Å²) in [6, 6.07) is 11.0. The number of aromatic nitrogens is 1. The van der Waals surface area contributed by atoms with Crippen LogP contribution in [-0.4, -0.2) is 27.6 Å². The van der Waals surface area contributed by atoms with E-state index in [9.17, 15) is 23.5 Å². The Hall–Kier alpha value is -3.36. The minimum atomic E-state index is -2.18. The number of rotatable bonds is 6. The summed E-state index contributed by atoms with van der Waals surface area (Å²) in [6.45, 7) is 10.0. The summed E-state index contributed by atoms with van der Waals surface area (Å²) in [6.07, 6.45) is 0.621. The number of nitrogens with zero attached hydrogens (tertiary/aromatic N) is 1. The van der Waals surface area contributed by atoms with Crippen molar-refractivity contribution in [3.63, 3.8) is 0 Å². The minimum absolute atomic E-state index is 0.0401. The predicted octanol–water partition coefficient (Wildman–Crippen LogP) is 6.63. The molecule has 0 radical (unpaired) electrons. The molecule has 6 nitrogen and oxygen atoms in total. The van der Waals surface area contributed by atoms with E-state index in [2.05, 4.69) is 10.3 Å². The van der Waals surface area contributed by atoms with Crippen molar-refractivity contribution in [1.82, 2.24) is 4.98 Å². The molecule has 0 bridgehead atoms. The maximum absolute atomic E-state index is 14.9. The first-order valence-electron chi connectivity index (χ1n) is 12.0. The van der Waals surface area contributed by atoms with Crippen molar-refractivity contribution in [2.45, 2.75) is 59.2 Å². The topological polar surface area (TPSA) is 88.5 Å². The van der Waals surface area contributed by atoms with E-state index in [-0.39, 0.29) is 27.5 Å². The van der Waals surface area contributed by atoms with Crippen molar-refractivity contribution in [2.24, 2.45) is 5.41 Å². The number of anilines is 1. The fourth-order valence-corrected chi connectivity index (χ4v) is 4.16. The number of carbonyl (C=O) groups excluding carboxylic acids is 2. The van der Waals surface area contributed by atoms with Crippen LogP contribution in [0.3, 0.4) is 0 Å². The van der Waals surface area contributed by atoms with Gasteiger partial charge in [0.2, 0.25) is 5.91 Å². The van der Waals surface area contributed by atoms with Gasteiger partial charge in [0.15, 0.2) is 0 Å². The predicted molar refractivity (Wildman–Crippen MR) is 143 cm³/mol. The third-order valence-electron chi connectivity index (χ3n) is 5.66. The van der Waals surface area contributed by atoms with E-state index in [1.54, 1.807) is 53.7 Å². The summed E-state index contributed by atoms with van der Waals surface area (Å²) >= 11 is 6.48. The molecule has 0 spiro atoms. The SMILES string of the molecule is CC(C)(C)OC(=O)CC(O)(c1ccccc1Cl)c1ccnc(-c2c(F)cccc2F)c1NC(=O)C(C)(C)C. The van der Waals surface area contributed by atoms with E-state index in [0.29, 0.717) is 0 Å². The highest BCUT2D eigenvalue weighted by atomic mass is 35.5. The van der Waals surface area contributed by atoms with Crippen LogP contribution in [0.25, 0.3) is 11.3 Å². The number of amides is 1. The van der Waals surface area contributed by atoms with Crippen molar-refractivity contribution >= 4 is 29.2 Å². The number of hydrogen-bond donors (Lipinski definition) is 2. The Labute approximate surface area is 226 Å². The highest BCUT2D eigenvalue weighted by Gasteiger charge is 2.41. The number of halogens is 3. The van der Waals surface area contributed by atoms with Gasteiger partial charge in [-0.3, -0.25) is 14.6 Å².